The summed E-state index contributed by atoms with van der Waals surface area (Å²) < 4.78 is 33.0. The Kier molecular flexibility index (Phi) is 6.55. The average Bonchev–Trinajstić information content (AvgIpc) is 3.36. The van der Waals surface area contributed by atoms with Crippen molar-refractivity contribution in [3.05, 3.63) is 0 Å². The highest BCUT2D eigenvalue weighted by Crippen LogP contribution is 2.31. The highest BCUT2D eigenvalue weighted by Gasteiger charge is 2.42. The number of carbonyl (C=O) groups is 2. The van der Waals surface area contributed by atoms with Gasteiger partial charge in [-0.3, -0.25) is 9.69 Å². The minimum absolute atomic E-state index is 0.155. The molecule has 2 aliphatic carbocycles. The van der Waals surface area contributed by atoms with Crippen LogP contribution >= 0.6 is 0 Å². The predicted molar refractivity (Wildman–Crippen MR) is 98.1 cm³/mol. The van der Waals surface area contributed by atoms with Gasteiger partial charge in [0.05, 0.1) is 11.3 Å². The van der Waals surface area contributed by atoms with Gasteiger partial charge < -0.3 is 10.1 Å². The van der Waals surface area contributed by atoms with Gasteiger partial charge in [0.25, 0.3) is 0 Å². The quantitative estimate of drug-likeness (QED) is 0.714. The number of nitrogens with one attached hydrogen (secondary N) is 2. The van der Waals surface area contributed by atoms with E-state index in [4.69, 9.17) is 4.74 Å². The second kappa shape index (κ2) is 8.12. The number of ether oxygens (including phenoxy) is 1. The van der Waals surface area contributed by atoms with E-state index in [0.29, 0.717) is 25.7 Å². The Morgan fingerprint density at radius 3 is 2.27 bits per heavy atom. The van der Waals surface area contributed by atoms with Crippen molar-refractivity contribution >= 4 is 22.0 Å². The summed E-state index contributed by atoms with van der Waals surface area (Å²) in [7, 11) is -1.87. The minimum Gasteiger partial charge on any atom is -0.444 e. The summed E-state index contributed by atoms with van der Waals surface area (Å²) in [6, 6.07) is -0.795. The highest BCUT2D eigenvalue weighted by molar-refractivity contribution is 7.90. The molecular weight excluding hydrogens is 358 g/mol. The molecule has 2 aliphatic rings. The molecule has 0 aromatic rings. The Morgan fingerprint density at radius 2 is 1.73 bits per heavy atom. The first-order valence-corrected chi connectivity index (χ1v) is 10.8. The van der Waals surface area contributed by atoms with Crippen LogP contribution in [0.4, 0.5) is 4.79 Å². The second-order valence-electron chi connectivity index (χ2n) is 8.10. The Morgan fingerprint density at radius 1 is 1.12 bits per heavy atom. The van der Waals surface area contributed by atoms with Gasteiger partial charge in [-0.15, -0.1) is 0 Å². The summed E-state index contributed by atoms with van der Waals surface area (Å²) in [5, 5.41) is 2.20. The molecule has 9 heteroatoms. The molecule has 8 nitrogen and oxygen atoms in total. The molecule has 2 amide bonds. The second-order valence-corrected chi connectivity index (χ2v) is 10.1. The van der Waals surface area contributed by atoms with E-state index >= 15 is 0 Å². The van der Waals surface area contributed by atoms with Crippen LogP contribution in [0.1, 0.15) is 59.3 Å². The van der Waals surface area contributed by atoms with Crippen molar-refractivity contribution in [1.29, 1.82) is 0 Å². The molecule has 0 bridgehead atoms. The van der Waals surface area contributed by atoms with Crippen LogP contribution in [0, 0.1) is 0 Å². The van der Waals surface area contributed by atoms with Gasteiger partial charge in [0, 0.05) is 13.1 Å². The van der Waals surface area contributed by atoms with E-state index in [1.54, 1.807) is 20.8 Å². The molecule has 0 saturated heterocycles. The Bertz CT molecular complexity index is 625. The topological polar surface area (TPSA) is 105 Å². The first-order chi connectivity index (χ1) is 12.0. The maximum absolute atomic E-state index is 12.7. The zero-order valence-corrected chi connectivity index (χ0v) is 16.9. The number of sulfonamides is 1. The van der Waals surface area contributed by atoms with Crippen molar-refractivity contribution in [3.8, 4) is 0 Å². The molecule has 0 aromatic heterocycles. The van der Waals surface area contributed by atoms with Crippen molar-refractivity contribution < 1.29 is 22.7 Å². The van der Waals surface area contributed by atoms with Crippen LogP contribution < -0.4 is 10.0 Å². The van der Waals surface area contributed by atoms with E-state index in [0.717, 1.165) is 12.8 Å². The smallest absolute Gasteiger partial charge is 0.411 e. The molecule has 150 valence electrons. The van der Waals surface area contributed by atoms with E-state index in [1.165, 1.54) is 11.9 Å². The largest absolute Gasteiger partial charge is 0.444 e. The lowest BCUT2D eigenvalue weighted by Gasteiger charge is -2.40. The highest BCUT2D eigenvalue weighted by atomic mass is 32.2. The van der Waals surface area contributed by atoms with Crippen LogP contribution in [0.2, 0.25) is 0 Å². The van der Waals surface area contributed by atoms with Gasteiger partial charge in [-0.1, -0.05) is 12.8 Å². The number of likely N-dealkylation sites (N-methyl/N-ethyl adjacent to an activating group) is 1. The zero-order valence-electron chi connectivity index (χ0n) is 16.1. The van der Waals surface area contributed by atoms with Crippen molar-refractivity contribution in [2.75, 3.05) is 13.6 Å². The molecule has 0 heterocycles. The molecule has 0 unspecified atom stereocenters. The number of hydrogen-bond donors (Lipinski definition) is 2. The summed E-state index contributed by atoms with van der Waals surface area (Å²) in [5.74, 6) is -0.315. The molecular formula is C17H31N3O5S. The lowest BCUT2D eigenvalue weighted by molar-refractivity contribution is -0.122. The van der Waals surface area contributed by atoms with Crippen LogP contribution in [-0.2, 0) is 19.6 Å². The number of amides is 2. The van der Waals surface area contributed by atoms with E-state index in [2.05, 4.69) is 10.0 Å². The van der Waals surface area contributed by atoms with Crippen LogP contribution in [0.25, 0.3) is 0 Å². The maximum atomic E-state index is 12.7. The third-order valence-electron chi connectivity index (χ3n) is 4.63. The minimum atomic E-state index is -3.38. The Balaban J connectivity index is 2.20. The summed E-state index contributed by atoms with van der Waals surface area (Å²) in [4.78, 5) is 26.0. The number of nitrogens with zero attached hydrogens (tertiary/aromatic N) is 1. The molecule has 0 aromatic carbocycles. The van der Waals surface area contributed by atoms with Gasteiger partial charge in [0.2, 0.25) is 15.9 Å². The number of hydrogen-bond acceptors (Lipinski definition) is 5. The Labute approximate surface area is 156 Å². The zero-order chi connectivity index (χ0) is 19.5. The van der Waals surface area contributed by atoms with Crippen LogP contribution in [0.3, 0.4) is 0 Å². The molecule has 2 saturated carbocycles. The van der Waals surface area contributed by atoms with Gasteiger partial charge in [0.15, 0.2) is 0 Å². The molecule has 26 heavy (non-hydrogen) atoms. The van der Waals surface area contributed by atoms with Crippen LogP contribution in [-0.4, -0.2) is 61.8 Å². The standard InChI is InChI=1S/C17H31N3O5S/c1-17(2,3)25-16(22)20(11-15(21)18-4)14-8-6-5-7-13(14)19-26(23,24)12-9-10-12/h12-14,19H,5-11H2,1-4H3,(H,18,21)/t13-,14-/m0/s1. The lowest BCUT2D eigenvalue weighted by atomic mass is 9.90. The fraction of sp³-hybridized carbons (Fsp3) is 0.882. The maximum Gasteiger partial charge on any atom is 0.411 e. The van der Waals surface area contributed by atoms with E-state index in [9.17, 15) is 18.0 Å². The fourth-order valence-electron chi connectivity index (χ4n) is 3.18. The van der Waals surface area contributed by atoms with E-state index in [1.807, 2.05) is 0 Å². The van der Waals surface area contributed by atoms with Crippen molar-refractivity contribution in [1.82, 2.24) is 14.9 Å². The van der Waals surface area contributed by atoms with Gasteiger partial charge >= 0.3 is 6.09 Å². The molecule has 0 spiro atoms. The van der Waals surface area contributed by atoms with Crippen molar-refractivity contribution in [3.63, 3.8) is 0 Å². The van der Waals surface area contributed by atoms with Crippen molar-refractivity contribution in [2.24, 2.45) is 0 Å². The summed E-state index contributed by atoms with van der Waals surface area (Å²) >= 11 is 0. The van der Waals surface area contributed by atoms with Gasteiger partial charge in [0.1, 0.15) is 12.1 Å². The summed E-state index contributed by atoms with van der Waals surface area (Å²) in [5.41, 5.74) is -0.699. The molecule has 2 fully saturated rings. The monoisotopic (exact) mass is 389 g/mol. The molecule has 0 aliphatic heterocycles. The molecule has 2 N–H and O–H groups in total. The summed E-state index contributed by atoms with van der Waals surface area (Å²) in [6.07, 6.45) is 3.80. The van der Waals surface area contributed by atoms with Gasteiger partial charge in [-0.25, -0.2) is 17.9 Å². The average molecular weight is 390 g/mol. The van der Waals surface area contributed by atoms with Crippen LogP contribution in [0.15, 0.2) is 0 Å². The Hall–Kier alpha value is -1.35. The first-order valence-electron chi connectivity index (χ1n) is 9.25. The fourth-order valence-corrected chi connectivity index (χ4v) is 4.82. The molecule has 0 radical (unpaired) electrons. The molecule has 2 rings (SSSR count). The van der Waals surface area contributed by atoms with Crippen molar-refractivity contribution in [2.45, 2.75) is 82.2 Å². The van der Waals surface area contributed by atoms with E-state index in [-0.39, 0.29) is 17.7 Å². The summed E-state index contributed by atoms with van der Waals surface area (Å²) in [6.45, 7) is 5.13. The third-order valence-corrected chi connectivity index (χ3v) is 6.61. The third kappa shape index (κ3) is 5.84. The first kappa shape index (κ1) is 21.0. The SMILES string of the molecule is CNC(=O)CN(C(=O)OC(C)(C)C)[C@H]1CCCC[C@@H]1NS(=O)(=O)C1CC1. The molecule has 2 atom stereocenters. The van der Waals surface area contributed by atoms with Gasteiger partial charge in [-0.05, 0) is 46.5 Å². The normalized spacial score (nSPS) is 24.0. The number of carbonyl (C=O) groups excluding carboxylic acids is 2. The van der Waals surface area contributed by atoms with E-state index < -0.39 is 33.8 Å². The number of rotatable bonds is 6. The van der Waals surface area contributed by atoms with Gasteiger partial charge in [-0.2, -0.15) is 0 Å². The lowest BCUT2D eigenvalue weighted by Crippen LogP contribution is -2.57. The van der Waals surface area contributed by atoms with Crippen LogP contribution in [0.5, 0.6) is 0 Å². The predicted octanol–water partition coefficient (Wildman–Crippen LogP) is 1.36.